The standard InChI is InChI=1S/C117H100B2N4O/c1-112(2,3)74-59-75(113(4,5)6)62-79(61-74)121-100-55-34-30-51-94(100)119-97-69-96-102(70-106(97)124-107-58-73(57-103(121)110(107)119)82-46-36-47-88-85-43-24-29-50-93(85)117(108(82)88)91-48-27-22-41-83(91)84-42-23-28-49-92(84)117)122(80-63-76(114(7,8)9)60-77(64-80)115(10,11)12)104-67-81(120-98-53-32-25-44-86(98)87-45-26-33-54-99(87)120)68-105-109(104)118(96)95-52-31-35-56-101(95)123(105)111-89(71-37-18-16-19-38-71)65-78(116(13,14)15)66-90(111)72-39-20-17-21-40-72/h16-70H,1-15H3/i25D,26D,32D,33D,44D,45D,53D,54D. The van der Waals surface area contributed by atoms with Gasteiger partial charge in [0.2, 0.25) is 0 Å². The second-order valence-electron chi connectivity index (χ2n) is 40.2. The molecule has 17 aromatic rings. The van der Waals surface area contributed by atoms with E-state index >= 15 is 0 Å². The summed E-state index contributed by atoms with van der Waals surface area (Å²) in [7, 11) is 0. The van der Waals surface area contributed by atoms with Gasteiger partial charge in [0.1, 0.15) is 11.5 Å². The lowest BCUT2D eigenvalue weighted by Gasteiger charge is -2.46. The number of para-hydroxylation sites is 4. The Morgan fingerprint density at radius 3 is 1.19 bits per heavy atom. The number of nitrogens with zero attached hydrogens (tertiary/aromatic N) is 4. The van der Waals surface area contributed by atoms with E-state index in [4.69, 9.17) is 4.74 Å². The molecular weight excluding hydrogens is 1500 g/mol. The highest BCUT2D eigenvalue weighted by Gasteiger charge is 2.54. The minimum absolute atomic E-state index is 0.00819. The van der Waals surface area contributed by atoms with Crippen LogP contribution in [0.2, 0.25) is 0 Å². The minimum atomic E-state index is -0.695. The van der Waals surface area contributed by atoms with Crippen LogP contribution in [0.15, 0.2) is 333 Å². The molecule has 4 aliphatic heterocycles. The van der Waals surface area contributed by atoms with Gasteiger partial charge in [-0.2, -0.15) is 0 Å². The van der Waals surface area contributed by atoms with Crippen molar-refractivity contribution in [2.45, 2.75) is 136 Å². The van der Waals surface area contributed by atoms with Crippen molar-refractivity contribution in [2.75, 3.05) is 14.7 Å². The van der Waals surface area contributed by atoms with Gasteiger partial charge in [0.05, 0.1) is 38.8 Å². The Balaban J connectivity index is 0.870. The number of anilines is 9. The first kappa shape index (κ1) is 67.2. The molecule has 2 aliphatic carbocycles. The summed E-state index contributed by atoms with van der Waals surface area (Å²) in [5.41, 5.74) is 34.2. The summed E-state index contributed by atoms with van der Waals surface area (Å²) >= 11 is 0. The van der Waals surface area contributed by atoms with Crippen LogP contribution in [0.1, 0.15) is 165 Å². The lowest BCUT2D eigenvalue weighted by Crippen LogP contribution is -2.64. The SMILES string of the molecule is [2H]c1c([2H])c([2H])c2c(c1[2H])c1c([2H])c([2H])c([2H])c([2H])c1n2-c1cc2c3c(c1)N(c1c(-c4ccccc4)cc(C(C)(C)C)cc1-c1ccccc1)c1ccccc1B3c1cc3c(cc1N2c1cc(C(C)(C)C)cc(C(C)(C)C)c1)Oc1cc(-c2cccc4c2C2(c5ccccc5-c5ccccc52)c2ccccc2-4)cc2c1B3c1ccccc1N2c1cc(C(C)(C)C)cc(C(C)(C)C)c1. The molecule has 0 bridgehead atoms. The average molecular weight is 1610 g/mol. The van der Waals surface area contributed by atoms with Crippen LogP contribution < -0.4 is 52.2 Å². The smallest absolute Gasteiger partial charge is 0.256 e. The minimum Gasteiger partial charge on any atom is -0.458 e. The molecule has 124 heavy (non-hydrogen) atoms. The quantitative estimate of drug-likeness (QED) is 0.148. The fourth-order valence-electron chi connectivity index (χ4n) is 21.5. The van der Waals surface area contributed by atoms with Gasteiger partial charge in [-0.05, 0) is 239 Å². The number of aromatic nitrogens is 1. The van der Waals surface area contributed by atoms with E-state index in [2.05, 4.69) is 404 Å². The molecule has 600 valence electrons. The van der Waals surface area contributed by atoms with E-state index in [1.807, 2.05) is 0 Å². The van der Waals surface area contributed by atoms with E-state index in [1.165, 1.54) is 55.6 Å². The monoisotopic (exact) mass is 1610 g/mol. The van der Waals surface area contributed by atoms with Gasteiger partial charge in [-0.15, -0.1) is 0 Å². The summed E-state index contributed by atoms with van der Waals surface area (Å²) in [6, 6.07) is 103. The summed E-state index contributed by atoms with van der Waals surface area (Å²) in [4.78, 5) is 7.42. The molecule has 23 rings (SSSR count). The number of benzene rings is 16. The zero-order valence-corrected chi connectivity index (χ0v) is 73.0. The molecule has 0 N–H and O–H groups in total. The molecule has 6 aliphatic rings. The number of hydrogen-bond donors (Lipinski definition) is 0. The van der Waals surface area contributed by atoms with Crippen molar-refractivity contribution in [1.29, 1.82) is 0 Å². The predicted molar refractivity (Wildman–Crippen MR) is 527 cm³/mol. The van der Waals surface area contributed by atoms with Crippen LogP contribution in [0.3, 0.4) is 0 Å². The van der Waals surface area contributed by atoms with Gasteiger partial charge in [-0.3, -0.25) is 0 Å². The van der Waals surface area contributed by atoms with Crippen molar-refractivity contribution in [3.8, 4) is 72.8 Å². The van der Waals surface area contributed by atoms with Crippen molar-refractivity contribution < 1.29 is 15.7 Å². The third-order valence-electron chi connectivity index (χ3n) is 27.6. The first-order chi connectivity index (χ1) is 63.0. The highest BCUT2D eigenvalue weighted by molar-refractivity contribution is 7.02. The van der Waals surface area contributed by atoms with E-state index in [9.17, 15) is 11.0 Å². The first-order valence-corrected chi connectivity index (χ1v) is 43.9. The Morgan fingerprint density at radius 1 is 0.282 bits per heavy atom. The van der Waals surface area contributed by atoms with E-state index in [1.54, 1.807) is 4.57 Å². The average Bonchev–Trinajstić information content (AvgIpc) is 1.18. The molecule has 5 heterocycles. The highest BCUT2D eigenvalue weighted by atomic mass is 16.5. The van der Waals surface area contributed by atoms with Crippen molar-refractivity contribution in [3.63, 3.8) is 0 Å². The lowest BCUT2D eigenvalue weighted by atomic mass is 9.30. The van der Waals surface area contributed by atoms with Gasteiger partial charge in [0.15, 0.2) is 0 Å². The summed E-state index contributed by atoms with van der Waals surface area (Å²) in [5, 5.41) is -0.0164. The molecule has 1 aromatic heterocycles. The van der Waals surface area contributed by atoms with Crippen LogP contribution in [0.5, 0.6) is 11.5 Å². The fourth-order valence-corrected chi connectivity index (χ4v) is 21.5. The molecule has 1 spiro atoms. The number of rotatable bonds is 7. The van der Waals surface area contributed by atoms with Gasteiger partial charge < -0.3 is 24.0 Å². The number of ether oxygens (including phenoxy) is 1. The molecule has 0 saturated heterocycles. The van der Waals surface area contributed by atoms with Crippen molar-refractivity contribution in [1.82, 2.24) is 4.57 Å². The number of hydrogen-bond acceptors (Lipinski definition) is 4. The molecule has 5 nitrogen and oxygen atoms in total. The topological polar surface area (TPSA) is 23.9 Å². The van der Waals surface area contributed by atoms with Crippen LogP contribution in [0, 0.1) is 0 Å². The maximum Gasteiger partial charge on any atom is 0.256 e. The Morgan fingerprint density at radius 2 is 0.685 bits per heavy atom. The Hall–Kier alpha value is -13.4. The van der Waals surface area contributed by atoms with Crippen LogP contribution in [-0.4, -0.2) is 18.0 Å². The number of fused-ring (bicyclic) bond motifs is 21. The van der Waals surface area contributed by atoms with Crippen molar-refractivity contribution in [2.24, 2.45) is 0 Å². The van der Waals surface area contributed by atoms with Crippen LogP contribution in [-0.2, 0) is 32.5 Å². The second-order valence-corrected chi connectivity index (χ2v) is 40.2. The van der Waals surface area contributed by atoms with Gasteiger partial charge in [-0.1, -0.05) is 346 Å². The molecular formula is C117H100B2N4O. The molecule has 0 fully saturated rings. The lowest BCUT2D eigenvalue weighted by molar-refractivity contribution is 0.488. The van der Waals surface area contributed by atoms with E-state index < -0.39 is 55.1 Å². The largest absolute Gasteiger partial charge is 0.458 e. The van der Waals surface area contributed by atoms with Crippen molar-refractivity contribution >= 4 is 119 Å². The maximum absolute atomic E-state index is 10.2. The zero-order valence-electron chi connectivity index (χ0n) is 81.0. The fraction of sp³-hybridized carbons (Fsp3) is 0.179. The van der Waals surface area contributed by atoms with Gasteiger partial charge >= 0.3 is 0 Å². The molecule has 7 heteroatoms. The van der Waals surface area contributed by atoms with E-state index in [0.717, 1.165) is 140 Å². The van der Waals surface area contributed by atoms with Crippen LogP contribution >= 0.6 is 0 Å². The normalized spacial score (nSPS) is 15.2. The van der Waals surface area contributed by atoms with Crippen LogP contribution in [0.25, 0.3) is 83.1 Å². The van der Waals surface area contributed by atoms with Crippen molar-refractivity contribution in [3.05, 3.63) is 384 Å². The Labute approximate surface area is 742 Å². The predicted octanol–water partition coefficient (Wildman–Crippen LogP) is 27.1. The molecule has 0 radical (unpaired) electrons. The first-order valence-electron chi connectivity index (χ1n) is 47.9. The van der Waals surface area contributed by atoms with Gasteiger partial charge in [0.25, 0.3) is 13.4 Å². The molecule has 0 saturated carbocycles. The van der Waals surface area contributed by atoms with Crippen LogP contribution in [0.4, 0.5) is 51.2 Å². The Bertz CT molecular complexity index is 7650. The van der Waals surface area contributed by atoms with Gasteiger partial charge in [-0.25, -0.2) is 0 Å². The second kappa shape index (κ2) is 26.8. The summed E-state index contributed by atoms with van der Waals surface area (Å²) in [6.07, 6.45) is 0. The summed E-state index contributed by atoms with van der Waals surface area (Å²) in [5.74, 6) is 1.41. The van der Waals surface area contributed by atoms with E-state index in [0.29, 0.717) is 11.4 Å². The van der Waals surface area contributed by atoms with Gasteiger partial charge in [0, 0.05) is 73.5 Å². The van der Waals surface area contributed by atoms with E-state index in [-0.39, 0.29) is 61.0 Å². The molecule has 0 unspecified atom stereocenters. The summed E-state index contributed by atoms with van der Waals surface area (Å²) < 4.78 is 88.3. The third-order valence-corrected chi connectivity index (χ3v) is 27.6. The Kier molecular flexibility index (Phi) is 14.6. The third kappa shape index (κ3) is 11.2. The zero-order chi connectivity index (χ0) is 91.7. The molecule has 16 aromatic carbocycles. The summed E-state index contributed by atoms with van der Waals surface area (Å²) in [6.45, 7) is 33.4. The molecule has 0 atom stereocenters. The molecule has 0 amide bonds. The maximum atomic E-state index is 10.2. The highest BCUT2D eigenvalue weighted by Crippen LogP contribution is 2.65.